The normalized spacial score (nSPS) is 14.1. The number of carbonyl (C=O) groups excluding carboxylic acids is 2. The fourth-order valence-electron chi connectivity index (χ4n) is 9.04. The van der Waals surface area contributed by atoms with Crippen LogP contribution in [0.4, 0.5) is 0 Å². The average molecular weight is 1070 g/mol. The lowest BCUT2D eigenvalue weighted by molar-refractivity contribution is -0.870. The first-order valence-electron chi connectivity index (χ1n) is 31.6. The van der Waals surface area contributed by atoms with Gasteiger partial charge in [-0.25, -0.2) is 0 Å². The minimum atomic E-state index is -4.70. The van der Waals surface area contributed by atoms with E-state index in [1.54, 1.807) is 0 Å². The number of hydrogen-bond donors (Lipinski definition) is 1. The molecule has 10 heteroatoms. The van der Waals surface area contributed by atoms with Crippen molar-refractivity contribution in [1.82, 2.24) is 5.32 Å². The van der Waals surface area contributed by atoms with Crippen LogP contribution in [0.5, 0.6) is 0 Å². The Hall–Kier alpha value is -2.29. The van der Waals surface area contributed by atoms with Gasteiger partial charge in [-0.2, -0.15) is 0 Å². The number of amides is 1. The van der Waals surface area contributed by atoms with Gasteiger partial charge < -0.3 is 28.5 Å². The summed E-state index contributed by atoms with van der Waals surface area (Å²) < 4.78 is 30.3. The lowest BCUT2D eigenvalue weighted by atomic mass is 10.0. The zero-order valence-electron chi connectivity index (χ0n) is 50.0. The second-order valence-electron chi connectivity index (χ2n) is 22.6. The number of esters is 1. The van der Waals surface area contributed by atoms with Gasteiger partial charge in [0.05, 0.1) is 33.8 Å². The number of quaternary nitrogens is 1. The van der Waals surface area contributed by atoms with Crippen molar-refractivity contribution >= 4 is 19.7 Å². The Labute approximate surface area is 464 Å². The van der Waals surface area contributed by atoms with Crippen LogP contribution in [0.1, 0.15) is 290 Å². The molecule has 0 aliphatic rings. The lowest BCUT2D eigenvalue weighted by Gasteiger charge is -2.30. The predicted octanol–water partition coefficient (Wildman–Crippen LogP) is 18.8. The molecule has 3 unspecified atom stereocenters. The first kappa shape index (κ1) is 72.7. The molecular formula is C65H121N2O7P. The molecule has 1 amide bonds. The van der Waals surface area contributed by atoms with Crippen molar-refractivity contribution in [3.63, 3.8) is 0 Å². The lowest BCUT2D eigenvalue weighted by Crippen LogP contribution is -2.47. The summed E-state index contributed by atoms with van der Waals surface area (Å²) in [7, 11) is 1.19. The van der Waals surface area contributed by atoms with Gasteiger partial charge >= 0.3 is 5.97 Å². The second-order valence-corrected chi connectivity index (χ2v) is 24.0. The first-order valence-corrected chi connectivity index (χ1v) is 33.1. The number of carbonyl (C=O) groups is 2. The van der Waals surface area contributed by atoms with Crippen LogP contribution in [-0.4, -0.2) is 69.4 Å². The summed E-state index contributed by atoms with van der Waals surface area (Å²) in [5.74, 6) is -0.542. The molecule has 438 valence electrons. The molecule has 3 atom stereocenters. The molecule has 0 saturated carbocycles. The minimum Gasteiger partial charge on any atom is -0.756 e. The zero-order chi connectivity index (χ0) is 55.0. The highest BCUT2D eigenvalue weighted by Crippen LogP contribution is 2.38. The van der Waals surface area contributed by atoms with Crippen LogP contribution in [-0.2, 0) is 27.9 Å². The topological polar surface area (TPSA) is 114 Å². The monoisotopic (exact) mass is 1070 g/mol. The van der Waals surface area contributed by atoms with Crippen LogP contribution >= 0.6 is 7.82 Å². The molecule has 75 heavy (non-hydrogen) atoms. The van der Waals surface area contributed by atoms with E-state index in [-0.39, 0.29) is 31.5 Å². The van der Waals surface area contributed by atoms with E-state index in [1.165, 1.54) is 167 Å². The highest BCUT2D eigenvalue weighted by molar-refractivity contribution is 7.45. The highest BCUT2D eigenvalue weighted by atomic mass is 31.2. The van der Waals surface area contributed by atoms with Gasteiger partial charge in [-0.3, -0.25) is 14.2 Å². The number of nitrogens with zero attached hydrogens (tertiary/aromatic N) is 1. The third-order valence-electron chi connectivity index (χ3n) is 14.0. The van der Waals surface area contributed by atoms with Crippen molar-refractivity contribution in [1.29, 1.82) is 0 Å². The van der Waals surface area contributed by atoms with Crippen molar-refractivity contribution in [2.24, 2.45) is 0 Å². The smallest absolute Gasteiger partial charge is 0.306 e. The molecule has 0 rings (SSSR count). The Morgan fingerprint density at radius 2 is 0.813 bits per heavy atom. The summed E-state index contributed by atoms with van der Waals surface area (Å²) in [5, 5.41) is 3.02. The summed E-state index contributed by atoms with van der Waals surface area (Å²) in [6.45, 7) is 6.82. The van der Waals surface area contributed by atoms with Crippen LogP contribution < -0.4 is 10.2 Å². The van der Waals surface area contributed by atoms with Crippen molar-refractivity contribution in [2.75, 3.05) is 40.9 Å². The standard InChI is InChI=1S/C65H121N2O7P/c1-7-10-13-16-19-22-25-27-28-29-30-31-32-33-34-35-36-37-38-40-43-46-49-52-55-58-65(69)74-63(56-53-50-47-44-42-39-26-23-20-17-14-11-8-2)62(61-73-75(70,71)72-60-59-67(4,5)6)66-64(68)57-54-51-48-45-41-24-21-18-15-12-9-3/h19,22,27-28,30-31,33-34,53,56,62-63H,7-18,20-21,23-26,29,32,35-52,54-55,57-61H2,1-6H3,(H-,66,68,70,71)/b22-19-,28-27-,31-30-,34-33-,56-53-. The number of phosphoric acid groups is 1. The van der Waals surface area contributed by atoms with Crippen molar-refractivity contribution in [2.45, 2.75) is 303 Å². The Morgan fingerprint density at radius 3 is 1.24 bits per heavy atom. The number of hydrogen-bond acceptors (Lipinski definition) is 7. The van der Waals surface area contributed by atoms with Gasteiger partial charge in [0.25, 0.3) is 7.82 Å². The number of allylic oxidation sites excluding steroid dienone is 9. The van der Waals surface area contributed by atoms with Crippen molar-refractivity contribution < 1.29 is 37.3 Å². The number of nitrogens with one attached hydrogen (secondary N) is 1. The van der Waals surface area contributed by atoms with Crippen LogP contribution in [0.3, 0.4) is 0 Å². The Bertz CT molecular complexity index is 1470. The van der Waals surface area contributed by atoms with E-state index < -0.39 is 20.0 Å². The molecule has 1 N–H and O–H groups in total. The molecule has 0 aromatic heterocycles. The van der Waals surface area contributed by atoms with Gasteiger partial charge in [0.2, 0.25) is 5.91 Å². The Balaban J connectivity index is 5.13. The SMILES string of the molecule is CCCCC/C=C\C/C=C\C/C=C\C/C=C\CCCCCCCCCCCC(=O)OC(/C=C\CCCCCCCCCCCCC)C(COP(=O)([O-])OCC[N+](C)(C)C)NC(=O)CCCCCCCCCCCCC. The molecule has 0 heterocycles. The molecular weight excluding hydrogens is 952 g/mol. The van der Waals surface area contributed by atoms with Gasteiger partial charge in [0.15, 0.2) is 0 Å². The van der Waals surface area contributed by atoms with Crippen LogP contribution in [0.15, 0.2) is 60.8 Å². The molecule has 0 aliphatic carbocycles. The van der Waals surface area contributed by atoms with Gasteiger partial charge in [0.1, 0.15) is 19.3 Å². The molecule has 0 radical (unpaired) electrons. The zero-order valence-corrected chi connectivity index (χ0v) is 50.9. The number of ether oxygens (including phenoxy) is 1. The van der Waals surface area contributed by atoms with Crippen molar-refractivity contribution in [3.05, 3.63) is 60.8 Å². The third kappa shape index (κ3) is 56.2. The molecule has 9 nitrogen and oxygen atoms in total. The van der Waals surface area contributed by atoms with E-state index in [0.29, 0.717) is 17.4 Å². The van der Waals surface area contributed by atoms with E-state index in [4.69, 9.17) is 13.8 Å². The highest BCUT2D eigenvalue weighted by Gasteiger charge is 2.27. The molecule has 0 spiro atoms. The molecule has 0 aliphatic heterocycles. The summed E-state index contributed by atoms with van der Waals surface area (Å²) in [6.07, 6.45) is 69.0. The summed E-state index contributed by atoms with van der Waals surface area (Å²) >= 11 is 0. The third-order valence-corrected chi connectivity index (χ3v) is 14.9. The summed E-state index contributed by atoms with van der Waals surface area (Å²) in [6, 6.07) is -0.888. The van der Waals surface area contributed by atoms with Gasteiger partial charge in [-0.1, -0.05) is 262 Å². The minimum absolute atomic E-state index is 0.0231. The molecule has 0 aromatic carbocycles. The van der Waals surface area contributed by atoms with E-state index in [9.17, 15) is 19.0 Å². The van der Waals surface area contributed by atoms with Crippen molar-refractivity contribution in [3.8, 4) is 0 Å². The summed E-state index contributed by atoms with van der Waals surface area (Å²) in [4.78, 5) is 39.9. The fraction of sp³-hybridized carbons (Fsp3) is 0.815. The fourth-order valence-corrected chi connectivity index (χ4v) is 9.76. The maximum absolute atomic E-state index is 13.5. The second kappa shape index (κ2) is 55.0. The van der Waals surface area contributed by atoms with E-state index in [0.717, 1.165) is 89.9 Å². The largest absolute Gasteiger partial charge is 0.756 e. The number of unbranched alkanes of at least 4 members (excludes halogenated alkanes) is 33. The Kier molecular flexibility index (Phi) is 53.4. The van der Waals surface area contributed by atoms with Gasteiger partial charge in [-0.05, 0) is 76.7 Å². The van der Waals surface area contributed by atoms with Crippen LogP contribution in [0.2, 0.25) is 0 Å². The Morgan fingerprint density at radius 1 is 0.467 bits per heavy atom. The number of phosphoric ester groups is 1. The van der Waals surface area contributed by atoms with E-state index >= 15 is 0 Å². The summed E-state index contributed by atoms with van der Waals surface area (Å²) in [5.41, 5.74) is 0. The van der Waals surface area contributed by atoms with E-state index in [1.807, 2.05) is 33.3 Å². The number of likely N-dealkylation sites (N-methyl/N-ethyl adjacent to an activating group) is 1. The maximum Gasteiger partial charge on any atom is 0.306 e. The van der Waals surface area contributed by atoms with Gasteiger partial charge in [-0.15, -0.1) is 0 Å². The molecule has 0 fully saturated rings. The van der Waals surface area contributed by atoms with Crippen LogP contribution in [0, 0.1) is 0 Å². The molecule has 0 saturated heterocycles. The first-order chi connectivity index (χ1) is 36.4. The van der Waals surface area contributed by atoms with Gasteiger partial charge in [0, 0.05) is 12.8 Å². The molecule has 0 bridgehead atoms. The molecule has 0 aromatic rings. The average Bonchev–Trinajstić information content (AvgIpc) is 3.37. The predicted molar refractivity (Wildman–Crippen MR) is 321 cm³/mol. The number of rotatable bonds is 57. The van der Waals surface area contributed by atoms with Crippen LogP contribution in [0.25, 0.3) is 0 Å². The maximum atomic E-state index is 13.5. The quantitative estimate of drug-likeness (QED) is 0.0212. The van der Waals surface area contributed by atoms with E-state index in [2.05, 4.69) is 74.7 Å².